The smallest absolute Gasteiger partial charge is 0.405 e. The van der Waals surface area contributed by atoms with E-state index in [0.29, 0.717) is 12.1 Å². The van der Waals surface area contributed by atoms with Crippen molar-refractivity contribution in [1.29, 1.82) is 0 Å². The summed E-state index contributed by atoms with van der Waals surface area (Å²) in [5.74, 6) is -1.39. The first-order valence-electron chi connectivity index (χ1n) is 7.70. The Bertz CT molecular complexity index is 918. The van der Waals surface area contributed by atoms with Crippen molar-refractivity contribution in [3.63, 3.8) is 0 Å². The van der Waals surface area contributed by atoms with Crippen LogP contribution in [0.3, 0.4) is 0 Å². The highest BCUT2D eigenvalue weighted by molar-refractivity contribution is 7.86. The lowest BCUT2D eigenvalue weighted by Gasteiger charge is -2.16. The van der Waals surface area contributed by atoms with Gasteiger partial charge in [0.15, 0.2) is 0 Å². The third-order valence-electron chi connectivity index (χ3n) is 3.51. The first-order valence-corrected chi connectivity index (χ1v) is 9.11. The van der Waals surface area contributed by atoms with Gasteiger partial charge in [0.2, 0.25) is 0 Å². The molecule has 0 saturated carbocycles. The lowest BCUT2D eigenvalue weighted by atomic mass is 10.1. The highest BCUT2D eigenvalue weighted by atomic mass is 32.2. The molecule has 0 aliphatic heterocycles. The topological polar surface area (TPSA) is 52.6 Å². The summed E-state index contributed by atoms with van der Waals surface area (Å²) in [6.07, 6.45) is -10.7. The molecule has 0 radical (unpaired) electrons. The van der Waals surface area contributed by atoms with Crippen molar-refractivity contribution >= 4 is 10.1 Å². The molecule has 0 saturated heterocycles. The van der Waals surface area contributed by atoms with Gasteiger partial charge in [-0.25, -0.2) is 0 Å². The standard InChI is InChI=1S/C17H14F6O4S/c1-11-2-5-13(6-3-11)28(24,25)26-9-8-12-4-7-15(27-17(21,22)23)14(10-12)16(18,19)20/h2-7,10H,8-9H2,1H3. The van der Waals surface area contributed by atoms with Crippen LogP contribution in [0.2, 0.25) is 0 Å². The van der Waals surface area contributed by atoms with Crippen molar-refractivity contribution in [1.82, 2.24) is 0 Å². The predicted octanol–water partition coefficient (Wildman–Crippen LogP) is 4.86. The number of hydrogen-bond donors (Lipinski definition) is 0. The maximum Gasteiger partial charge on any atom is 0.573 e. The quantitative estimate of drug-likeness (QED) is 0.487. The normalized spacial score (nSPS) is 12.8. The lowest BCUT2D eigenvalue weighted by Crippen LogP contribution is -2.20. The highest BCUT2D eigenvalue weighted by Gasteiger charge is 2.39. The Labute approximate surface area is 156 Å². The molecule has 2 rings (SSSR count). The van der Waals surface area contributed by atoms with Crippen molar-refractivity contribution in [3.8, 4) is 5.75 Å². The minimum absolute atomic E-state index is 0.0686. The Morgan fingerprint density at radius 1 is 0.929 bits per heavy atom. The van der Waals surface area contributed by atoms with E-state index in [1.54, 1.807) is 19.1 Å². The third-order valence-corrected chi connectivity index (χ3v) is 4.84. The Kier molecular flexibility index (Phi) is 6.29. The Balaban J connectivity index is 2.13. The van der Waals surface area contributed by atoms with E-state index in [-0.39, 0.29) is 16.9 Å². The molecule has 0 amide bonds. The summed E-state index contributed by atoms with van der Waals surface area (Å²) in [5.41, 5.74) is -0.871. The van der Waals surface area contributed by atoms with E-state index in [0.717, 1.165) is 11.6 Å². The highest BCUT2D eigenvalue weighted by Crippen LogP contribution is 2.39. The Hall–Kier alpha value is -2.27. The maximum atomic E-state index is 13.0. The summed E-state index contributed by atoms with van der Waals surface area (Å²) in [6.45, 7) is 1.26. The van der Waals surface area contributed by atoms with E-state index in [2.05, 4.69) is 4.74 Å². The van der Waals surface area contributed by atoms with Crippen LogP contribution in [-0.2, 0) is 26.9 Å². The van der Waals surface area contributed by atoms with Gasteiger partial charge in [-0.1, -0.05) is 23.8 Å². The molecule has 0 aromatic heterocycles. The molecule has 2 aromatic rings. The minimum Gasteiger partial charge on any atom is -0.405 e. The van der Waals surface area contributed by atoms with Gasteiger partial charge >= 0.3 is 12.5 Å². The van der Waals surface area contributed by atoms with Crippen molar-refractivity contribution in [3.05, 3.63) is 59.2 Å². The molecule has 0 N–H and O–H groups in total. The van der Waals surface area contributed by atoms with E-state index in [4.69, 9.17) is 4.18 Å². The summed E-state index contributed by atoms with van der Waals surface area (Å²) in [5, 5.41) is 0. The number of alkyl halides is 6. The summed E-state index contributed by atoms with van der Waals surface area (Å²) in [7, 11) is -4.11. The zero-order chi connectivity index (χ0) is 21.2. The Morgan fingerprint density at radius 2 is 1.54 bits per heavy atom. The second-order valence-corrected chi connectivity index (χ2v) is 7.33. The summed E-state index contributed by atoms with van der Waals surface area (Å²) < 4.78 is 108. The van der Waals surface area contributed by atoms with Crippen LogP contribution in [0.25, 0.3) is 0 Å². The van der Waals surface area contributed by atoms with Crippen LogP contribution in [0.5, 0.6) is 5.75 Å². The lowest BCUT2D eigenvalue weighted by molar-refractivity contribution is -0.276. The molecule has 4 nitrogen and oxygen atoms in total. The van der Waals surface area contributed by atoms with Crippen molar-refractivity contribution in [2.24, 2.45) is 0 Å². The molecule has 0 aliphatic rings. The van der Waals surface area contributed by atoms with Crippen LogP contribution in [0.1, 0.15) is 16.7 Å². The molecule has 0 fully saturated rings. The molecule has 0 spiro atoms. The first kappa shape index (κ1) is 22.0. The molecule has 0 unspecified atom stereocenters. The Morgan fingerprint density at radius 3 is 2.07 bits per heavy atom. The van der Waals surface area contributed by atoms with Gasteiger partial charge in [-0.2, -0.15) is 21.6 Å². The zero-order valence-corrected chi connectivity index (χ0v) is 15.1. The summed E-state index contributed by atoms with van der Waals surface area (Å²) in [6, 6.07) is 7.68. The third kappa shape index (κ3) is 6.13. The second-order valence-electron chi connectivity index (χ2n) is 5.72. The number of hydrogen-bond acceptors (Lipinski definition) is 4. The van der Waals surface area contributed by atoms with E-state index in [9.17, 15) is 34.8 Å². The van der Waals surface area contributed by atoms with Gasteiger partial charge in [0, 0.05) is 0 Å². The predicted molar refractivity (Wildman–Crippen MR) is 86.1 cm³/mol. The average molecular weight is 428 g/mol. The van der Waals surface area contributed by atoms with E-state index < -0.39 is 40.6 Å². The van der Waals surface area contributed by atoms with Crippen LogP contribution in [0.15, 0.2) is 47.4 Å². The molecule has 0 atom stereocenters. The molecule has 0 bridgehead atoms. The zero-order valence-electron chi connectivity index (χ0n) is 14.3. The number of halogens is 6. The number of ether oxygens (including phenoxy) is 1. The molecule has 0 heterocycles. The van der Waals surface area contributed by atoms with Gasteiger partial charge in [0.25, 0.3) is 10.1 Å². The molecule has 154 valence electrons. The molecular weight excluding hydrogens is 414 g/mol. The van der Waals surface area contributed by atoms with Gasteiger partial charge < -0.3 is 4.74 Å². The van der Waals surface area contributed by atoms with Gasteiger partial charge in [-0.3, -0.25) is 4.18 Å². The fourth-order valence-electron chi connectivity index (χ4n) is 2.21. The van der Waals surface area contributed by atoms with Crippen molar-refractivity contribution in [2.45, 2.75) is 30.8 Å². The van der Waals surface area contributed by atoms with Crippen molar-refractivity contribution < 1.29 is 43.7 Å². The van der Waals surface area contributed by atoms with Gasteiger partial charge in [0.1, 0.15) is 5.75 Å². The molecule has 11 heteroatoms. The maximum absolute atomic E-state index is 13.0. The number of aryl methyl sites for hydroxylation is 1. The largest absolute Gasteiger partial charge is 0.573 e. The molecule has 0 aliphatic carbocycles. The summed E-state index contributed by atoms with van der Waals surface area (Å²) >= 11 is 0. The van der Waals surface area contributed by atoms with E-state index >= 15 is 0 Å². The fraction of sp³-hybridized carbons (Fsp3) is 0.294. The van der Waals surface area contributed by atoms with Crippen LogP contribution in [0, 0.1) is 6.92 Å². The van der Waals surface area contributed by atoms with Gasteiger partial charge in [-0.05, 0) is 43.2 Å². The van der Waals surface area contributed by atoms with Crippen LogP contribution in [0.4, 0.5) is 26.3 Å². The molecular formula is C17H14F6O4S. The number of rotatable bonds is 6. The van der Waals surface area contributed by atoms with Gasteiger partial charge in [-0.15, -0.1) is 13.2 Å². The molecule has 2 aromatic carbocycles. The van der Waals surface area contributed by atoms with Crippen LogP contribution >= 0.6 is 0 Å². The summed E-state index contributed by atoms with van der Waals surface area (Å²) in [4.78, 5) is -0.122. The molecule has 28 heavy (non-hydrogen) atoms. The van der Waals surface area contributed by atoms with E-state index in [1.165, 1.54) is 12.1 Å². The monoisotopic (exact) mass is 428 g/mol. The fourth-order valence-corrected chi connectivity index (χ4v) is 3.12. The van der Waals surface area contributed by atoms with E-state index in [1.807, 2.05) is 0 Å². The second kappa shape index (κ2) is 8.00. The first-order chi connectivity index (χ1) is 12.8. The minimum atomic E-state index is -5.28. The number of benzene rings is 2. The van der Waals surface area contributed by atoms with Crippen LogP contribution < -0.4 is 4.74 Å². The van der Waals surface area contributed by atoms with Crippen LogP contribution in [-0.4, -0.2) is 21.4 Å². The van der Waals surface area contributed by atoms with Gasteiger partial charge in [0.05, 0.1) is 17.1 Å². The van der Waals surface area contributed by atoms with Crippen molar-refractivity contribution in [2.75, 3.05) is 6.61 Å². The average Bonchev–Trinajstić information content (AvgIpc) is 2.54. The SMILES string of the molecule is Cc1ccc(S(=O)(=O)OCCc2ccc(OC(F)(F)F)c(C(F)(F)F)c2)cc1.